The SMILES string of the molecule is CCNc1ccc(C(=O)NCC(C)CSC)cc1. The molecule has 0 bridgehead atoms. The van der Waals surface area contributed by atoms with Crippen molar-refractivity contribution < 1.29 is 4.79 Å². The number of hydrogen-bond acceptors (Lipinski definition) is 3. The summed E-state index contributed by atoms with van der Waals surface area (Å²) < 4.78 is 0. The van der Waals surface area contributed by atoms with Crippen molar-refractivity contribution in [2.75, 3.05) is 30.4 Å². The molecule has 1 amide bonds. The lowest BCUT2D eigenvalue weighted by Gasteiger charge is -2.11. The van der Waals surface area contributed by atoms with E-state index in [2.05, 4.69) is 23.8 Å². The van der Waals surface area contributed by atoms with E-state index >= 15 is 0 Å². The number of carbonyl (C=O) groups excluding carboxylic acids is 1. The third-order valence-corrected chi connectivity index (χ3v) is 3.49. The first-order valence-corrected chi connectivity index (χ1v) is 7.67. The van der Waals surface area contributed by atoms with Crippen molar-refractivity contribution in [2.24, 2.45) is 5.92 Å². The fourth-order valence-electron chi connectivity index (χ4n) is 1.66. The molecule has 0 spiro atoms. The summed E-state index contributed by atoms with van der Waals surface area (Å²) >= 11 is 1.81. The number of anilines is 1. The van der Waals surface area contributed by atoms with E-state index in [1.807, 2.05) is 31.2 Å². The Morgan fingerprint density at radius 1 is 1.33 bits per heavy atom. The van der Waals surface area contributed by atoms with Gasteiger partial charge in [-0.2, -0.15) is 11.8 Å². The molecule has 4 heteroatoms. The number of amides is 1. The Morgan fingerprint density at radius 3 is 2.56 bits per heavy atom. The van der Waals surface area contributed by atoms with Gasteiger partial charge in [0.2, 0.25) is 0 Å². The van der Waals surface area contributed by atoms with Gasteiger partial charge in [0.1, 0.15) is 0 Å². The summed E-state index contributed by atoms with van der Waals surface area (Å²) in [6.07, 6.45) is 2.08. The molecule has 0 aliphatic rings. The first-order chi connectivity index (χ1) is 8.67. The van der Waals surface area contributed by atoms with Crippen LogP contribution in [0.15, 0.2) is 24.3 Å². The summed E-state index contributed by atoms with van der Waals surface area (Å²) in [5, 5.41) is 6.17. The van der Waals surface area contributed by atoms with Crippen LogP contribution in [0.25, 0.3) is 0 Å². The largest absolute Gasteiger partial charge is 0.385 e. The number of rotatable bonds is 7. The Balaban J connectivity index is 2.46. The second kappa shape index (κ2) is 8.03. The molecule has 0 heterocycles. The molecular formula is C14H22N2OS. The molecule has 1 aromatic carbocycles. The highest BCUT2D eigenvalue weighted by atomic mass is 32.2. The topological polar surface area (TPSA) is 41.1 Å². The predicted molar refractivity (Wildman–Crippen MR) is 80.5 cm³/mol. The molecule has 0 aliphatic heterocycles. The van der Waals surface area contributed by atoms with Gasteiger partial charge in [-0.1, -0.05) is 6.92 Å². The molecule has 0 saturated carbocycles. The monoisotopic (exact) mass is 266 g/mol. The van der Waals surface area contributed by atoms with Crippen LogP contribution in [-0.4, -0.2) is 31.0 Å². The van der Waals surface area contributed by atoms with E-state index in [4.69, 9.17) is 0 Å². The highest BCUT2D eigenvalue weighted by Gasteiger charge is 2.07. The van der Waals surface area contributed by atoms with Gasteiger partial charge in [0.05, 0.1) is 0 Å². The molecule has 1 atom stereocenters. The highest BCUT2D eigenvalue weighted by molar-refractivity contribution is 7.98. The minimum absolute atomic E-state index is 0.00556. The van der Waals surface area contributed by atoms with E-state index in [0.29, 0.717) is 11.5 Å². The van der Waals surface area contributed by atoms with Crippen LogP contribution in [-0.2, 0) is 0 Å². The van der Waals surface area contributed by atoms with Crippen molar-refractivity contribution in [2.45, 2.75) is 13.8 Å². The van der Waals surface area contributed by atoms with Crippen LogP contribution in [0.1, 0.15) is 24.2 Å². The van der Waals surface area contributed by atoms with Gasteiger partial charge in [0.15, 0.2) is 0 Å². The zero-order valence-electron chi connectivity index (χ0n) is 11.3. The Kier molecular flexibility index (Phi) is 6.65. The van der Waals surface area contributed by atoms with Gasteiger partial charge in [-0.3, -0.25) is 4.79 Å². The summed E-state index contributed by atoms with van der Waals surface area (Å²) in [7, 11) is 0. The molecule has 1 aromatic rings. The summed E-state index contributed by atoms with van der Waals surface area (Å²) in [5.41, 5.74) is 1.76. The number of benzene rings is 1. The average molecular weight is 266 g/mol. The van der Waals surface area contributed by atoms with Gasteiger partial charge in [-0.25, -0.2) is 0 Å². The fraction of sp³-hybridized carbons (Fsp3) is 0.500. The molecule has 0 aliphatic carbocycles. The summed E-state index contributed by atoms with van der Waals surface area (Å²) in [4.78, 5) is 11.9. The normalized spacial score (nSPS) is 11.9. The van der Waals surface area contributed by atoms with Crippen molar-refractivity contribution >= 4 is 23.4 Å². The molecule has 1 unspecified atom stereocenters. The number of nitrogens with one attached hydrogen (secondary N) is 2. The van der Waals surface area contributed by atoms with Gasteiger partial charge in [-0.05, 0) is 49.1 Å². The van der Waals surface area contributed by atoms with E-state index < -0.39 is 0 Å². The molecule has 3 nitrogen and oxygen atoms in total. The van der Waals surface area contributed by atoms with Crippen LogP contribution in [0.5, 0.6) is 0 Å². The molecule has 18 heavy (non-hydrogen) atoms. The lowest BCUT2D eigenvalue weighted by molar-refractivity contribution is 0.0949. The first-order valence-electron chi connectivity index (χ1n) is 6.28. The average Bonchev–Trinajstić information content (AvgIpc) is 2.37. The van der Waals surface area contributed by atoms with Crippen LogP contribution < -0.4 is 10.6 Å². The molecular weight excluding hydrogens is 244 g/mol. The van der Waals surface area contributed by atoms with Crippen molar-refractivity contribution in [3.8, 4) is 0 Å². The number of hydrogen-bond donors (Lipinski definition) is 2. The van der Waals surface area contributed by atoms with Gasteiger partial charge < -0.3 is 10.6 Å². The quantitative estimate of drug-likeness (QED) is 0.797. The van der Waals surface area contributed by atoms with Gasteiger partial charge in [-0.15, -0.1) is 0 Å². The van der Waals surface area contributed by atoms with Crippen LogP contribution >= 0.6 is 11.8 Å². The van der Waals surface area contributed by atoms with E-state index in [1.165, 1.54) is 0 Å². The Morgan fingerprint density at radius 2 is 2.00 bits per heavy atom. The summed E-state index contributed by atoms with van der Waals surface area (Å²) in [6, 6.07) is 7.58. The van der Waals surface area contributed by atoms with Crippen molar-refractivity contribution in [3.63, 3.8) is 0 Å². The zero-order valence-corrected chi connectivity index (χ0v) is 12.1. The smallest absolute Gasteiger partial charge is 0.251 e. The minimum Gasteiger partial charge on any atom is -0.385 e. The predicted octanol–water partition coefficient (Wildman–Crippen LogP) is 2.85. The summed E-state index contributed by atoms with van der Waals surface area (Å²) in [5.74, 6) is 1.58. The number of thioether (sulfide) groups is 1. The standard InChI is InChI=1S/C14H22N2OS/c1-4-15-13-7-5-12(6-8-13)14(17)16-9-11(2)10-18-3/h5-8,11,15H,4,9-10H2,1-3H3,(H,16,17). The van der Waals surface area contributed by atoms with E-state index in [-0.39, 0.29) is 5.91 Å². The fourth-order valence-corrected chi connectivity index (χ4v) is 2.34. The lowest BCUT2D eigenvalue weighted by Crippen LogP contribution is -2.29. The van der Waals surface area contributed by atoms with E-state index in [0.717, 1.165) is 24.5 Å². The molecule has 0 aromatic heterocycles. The van der Waals surface area contributed by atoms with E-state index in [9.17, 15) is 4.79 Å². The van der Waals surface area contributed by atoms with Crippen LogP contribution in [0.3, 0.4) is 0 Å². The van der Waals surface area contributed by atoms with Crippen LogP contribution in [0, 0.1) is 5.92 Å². The van der Waals surface area contributed by atoms with Gasteiger partial charge in [0, 0.05) is 24.3 Å². The molecule has 0 radical (unpaired) electrons. The molecule has 0 saturated heterocycles. The third kappa shape index (κ3) is 5.00. The van der Waals surface area contributed by atoms with Crippen molar-refractivity contribution in [1.29, 1.82) is 0 Å². The second-order valence-electron chi connectivity index (χ2n) is 4.38. The van der Waals surface area contributed by atoms with Gasteiger partial charge >= 0.3 is 0 Å². The molecule has 100 valence electrons. The maximum absolute atomic E-state index is 11.9. The second-order valence-corrected chi connectivity index (χ2v) is 5.29. The highest BCUT2D eigenvalue weighted by Crippen LogP contribution is 2.09. The minimum atomic E-state index is 0.00556. The molecule has 1 rings (SSSR count). The zero-order chi connectivity index (χ0) is 13.4. The van der Waals surface area contributed by atoms with Gasteiger partial charge in [0.25, 0.3) is 5.91 Å². The van der Waals surface area contributed by atoms with Crippen molar-refractivity contribution in [3.05, 3.63) is 29.8 Å². The van der Waals surface area contributed by atoms with Crippen LogP contribution in [0.2, 0.25) is 0 Å². The maximum Gasteiger partial charge on any atom is 0.251 e. The Hall–Kier alpha value is -1.16. The van der Waals surface area contributed by atoms with Crippen LogP contribution in [0.4, 0.5) is 5.69 Å². The maximum atomic E-state index is 11.9. The summed E-state index contributed by atoms with van der Waals surface area (Å²) in [6.45, 7) is 5.81. The number of carbonyl (C=O) groups is 1. The lowest BCUT2D eigenvalue weighted by atomic mass is 10.1. The first kappa shape index (κ1) is 14.9. The Labute approximate surface area is 114 Å². The third-order valence-electron chi connectivity index (χ3n) is 2.59. The Bertz CT molecular complexity index is 365. The molecule has 0 fully saturated rings. The molecule has 2 N–H and O–H groups in total. The van der Waals surface area contributed by atoms with Crippen molar-refractivity contribution in [1.82, 2.24) is 5.32 Å². The van der Waals surface area contributed by atoms with E-state index in [1.54, 1.807) is 11.8 Å².